The Kier molecular flexibility index (Phi) is 4.25. The third kappa shape index (κ3) is 3.61. The van der Waals surface area contributed by atoms with Gasteiger partial charge in [-0.3, -0.25) is 0 Å². The van der Waals surface area contributed by atoms with Crippen molar-refractivity contribution in [3.05, 3.63) is 138 Å². The van der Waals surface area contributed by atoms with E-state index in [0.717, 1.165) is 49.4 Å². The van der Waals surface area contributed by atoms with Crippen molar-refractivity contribution < 1.29 is 11.3 Å². The van der Waals surface area contributed by atoms with Crippen molar-refractivity contribution in [2.45, 2.75) is 19.3 Å². The van der Waals surface area contributed by atoms with Gasteiger partial charge in [0.1, 0.15) is 11.2 Å². The fraction of sp³-hybridized carbons (Fsp3) is 0.0750. The van der Waals surface area contributed by atoms with E-state index in [9.17, 15) is 0 Å². The average Bonchev–Trinajstić information content (AvgIpc) is 3.60. The molecule has 6 aromatic carbocycles. The van der Waals surface area contributed by atoms with Gasteiger partial charge in [-0.05, 0) is 51.2 Å². The number of aromatic nitrogens is 3. The maximum absolute atomic E-state index is 8.80. The van der Waals surface area contributed by atoms with Crippen molar-refractivity contribution in [2.24, 2.45) is 0 Å². The largest absolute Gasteiger partial charge is 0.456 e. The van der Waals surface area contributed by atoms with Crippen LogP contribution in [0, 0.1) is 0 Å². The van der Waals surface area contributed by atoms with Gasteiger partial charge in [-0.1, -0.05) is 123 Å². The standard InChI is InChI=1S/C40H27N3O/c1-40(2)32-20-9-8-16-27(32)28-17-10-19-30(36(28)40)39-42-37(24-12-4-3-5-13-24)41-38(43-39)29-18-11-21-33-35(29)31-22-25-14-6-7-15-26(25)23-34(31)44-33/h3-23H,1-2H3/i3D,4D,5D,12D,13D. The molecule has 0 saturated carbocycles. The lowest BCUT2D eigenvalue weighted by molar-refractivity contribution is 0.661. The zero-order chi connectivity index (χ0) is 33.8. The predicted octanol–water partition coefficient (Wildman–Crippen LogP) is 10.2. The SMILES string of the molecule is [2H]c1c([2H])c([2H])c(-c2nc(-c3cccc4c3C(C)(C)c3ccccc3-4)nc(-c3cccc4oc5cc6ccccc6cc5c34)n2)c([2H])c1[2H]. The Morgan fingerprint density at radius 3 is 2.07 bits per heavy atom. The summed E-state index contributed by atoms with van der Waals surface area (Å²) in [6, 6.07) is 30.2. The van der Waals surface area contributed by atoms with E-state index in [2.05, 4.69) is 44.2 Å². The molecule has 0 unspecified atom stereocenters. The lowest BCUT2D eigenvalue weighted by Crippen LogP contribution is -2.17. The molecule has 1 aliphatic carbocycles. The zero-order valence-electron chi connectivity index (χ0n) is 29.0. The molecule has 2 heterocycles. The van der Waals surface area contributed by atoms with Crippen molar-refractivity contribution in [3.63, 3.8) is 0 Å². The molecule has 8 aromatic rings. The second kappa shape index (κ2) is 9.19. The van der Waals surface area contributed by atoms with E-state index in [1.807, 2.05) is 66.7 Å². The molecule has 4 heteroatoms. The number of furan rings is 1. The Labute approximate surface area is 261 Å². The van der Waals surface area contributed by atoms with Gasteiger partial charge in [-0.25, -0.2) is 15.0 Å². The minimum atomic E-state index is -0.476. The van der Waals surface area contributed by atoms with E-state index in [1.165, 1.54) is 5.56 Å². The average molecular weight is 571 g/mol. The van der Waals surface area contributed by atoms with Gasteiger partial charge in [-0.15, -0.1) is 0 Å². The molecule has 0 spiro atoms. The summed E-state index contributed by atoms with van der Waals surface area (Å²) in [6.45, 7) is 4.37. The van der Waals surface area contributed by atoms with E-state index >= 15 is 0 Å². The van der Waals surface area contributed by atoms with E-state index in [1.54, 1.807) is 0 Å². The minimum Gasteiger partial charge on any atom is -0.456 e. The summed E-state index contributed by atoms with van der Waals surface area (Å²) in [5.74, 6) is 0.650. The highest BCUT2D eigenvalue weighted by molar-refractivity contribution is 6.15. The molecule has 44 heavy (non-hydrogen) atoms. The first kappa shape index (κ1) is 20.3. The van der Waals surface area contributed by atoms with Crippen LogP contribution in [0.2, 0.25) is 0 Å². The minimum absolute atomic E-state index is 0.00169. The molecular weight excluding hydrogens is 538 g/mol. The molecule has 0 bridgehead atoms. The molecule has 0 N–H and O–H groups in total. The molecule has 9 rings (SSSR count). The lowest BCUT2D eigenvalue weighted by Gasteiger charge is -2.24. The smallest absolute Gasteiger partial charge is 0.164 e. The molecular formula is C40H27N3O. The fourth-order valence-corrected chi connectivity index (χ4v) is 6.82. The molecule has 4 nitrogen and oxygen atoms in total. The van der Waals surface area contributed by atoms with Crippen LogP contribution in [0.3, 0.4) is 0 Å². The van der Waals surface area contributed by atoms with Gasteiger partial charge in [0, 0.05) is 32.9 Å². The van der Waals surface area contributed by atoms with Crippen molar-refractivity contribution in [2.75, 3.05) is 0 Å². The van der Waals surface area contributed by atoms with Crippen LogP contribution >= 0.6 is 0 Å². The lowest BCUT2D eigenvalue weighted by atomic mass is 9.80. The summed E-state index contributed by atoms with van der Waals surface area (Å²) in [4.78, 5) is 14.9. The van der Waals surface area contributed by atoms with Crippen LogP contribution in [0.4, 0.5) is 0 Å². The maximum atomic E-state index is 8.80. The number of benzene rings is 6. The van der Waals surface area contributed by atoms with Crippen molar-refractivity contribution in [1.82, 2.24) is 15.0 Å². The van der Waals surface area contributed by atoms with Crippen molar-refractivity contribution >= 4 is 32.7 Å². The Bertz CT molecular complexity index is 2690. The summed E-state index contributed by atoms with van der Waals surface area (Å²) in [6.07, 6.45) is 0. The van der Waals surface area contributed by atoms with Gasteiger partial charge in [0.05, 0.1) is 6.85 Å². The van der Waals surface area contributed by atoms with E-state index in [0.29, 0.717) is 22.8 Å². The Hall–Kier alpha value is -5.61. The van der Waals surface area contributed by atoms with Crippen LogP contribution in [0.1, 0.15) is 31.8 Å². The first-order chi connectivity index (χ1) is 23.6. The van der Waals surface area contributed by atoms with Gasteiger partial charge in [0.15, 0.2) is 17.5 Å². The van der Waals surface area contributed by atoms with Crippen molar-refractivity contribution in [1.29, 1.82) is 0 Å². The van der Waals surface area contributed by atoms with Gasteiger partial charge < -0.3 is 4.42 Å². The predicted molar refractivity (Wildman–Crippen MR) is 178 cm³/mol. The normalized spacial score (nSPS) is 15.0. The molecule has 0 amide bonds. The highest BCUT2D eigenvalue weighted by atomic mass is 16.3. The Morgan fingerprint density at radius 2 is 1.23 bits per heavy atom. The molecule has 0 saturated heterocycles. The van der Waals surface area contributed by atoms with Crippen LogP contribution < -0.4 is 0 Å². The van der Waals surface area contributed by atoms with Gasteiger partial charge in [0.25, 0.3) is 0 Å². The van der Waals surface area contributed by atoms with E-state index in [4.69, 9.17) is 26.2 Å². The molecule has 0 atom stereocenters. The van der Waals surface area contributed by atoms with Crippen molar-refractivity contribution in [3.8, 4) is 45.3 Å². The molecule has 0 fully saturated rings. The zero-order valence-corrected chi connectivity index (χ0v) is 24.0. The number of hydrogen-bond donors (Lipinski definition) is 0. The number of hydrogen-bond acceptors (Lipinski definition) is 4. The Morgan fingerprint density at radius 1 is 0.591 bits per heavy atom. The molecule has 1 aliphatic rings. The van der Waals surface area contributed by atoms with Crippen LogP contribution in [0.25, 0.3) is 78.0 Å². The third-order valence-electron chi connectivity index (χ3n) is 8.78. The quantitative estimate of drug-likeness (QED) is 0.212. The first-order valence-corrected chi connectivity index (χ1v) is 14.5. The fourth-order valence-electron chi connectivity index (χ4n) is 6.82. The maximum Gasteiger partial charge on any atom is 0.164 e. The second-order valence-electron chi connectivity index (χ2n) is 11.7. The van der Waals surface area contributed by atoms with Gasteiger partial charge in [0.2, 0.25) is 0 Å². The second-order valence-corrected chi connectivity index (χ2v) is 11.7. The summed E-state index contributed by atoms with van der Waals surface area (Å²) in [5, 5.41) is 3.83. The van der Waals surface area contributed by atoms with Gasteiger partial charge in [-0.2, -0.15) is 0 Å². The van der Waals surface area contributed by atoms with Gasteiger partial charge >= 0.3 is 0 Å². The van der Waals surface area contributed by atoms with E-state index < -0.39 is 18.1 Å². The highest BCUT2D eigenvalue weighted by Gasteiger charge is 2.38. The van der Waals surface area contributed by atoms with Crippen LogP contribution in [-0.2, 0) is 5.41 Å². The summed E-state index contributed by atoms with van der Waals surface area (Å²) >= 11 is 0. The monoisotopic (exact) mass is 570 g/mol. The number of fused-ring (bicyclic) bond motifs is 7. The third-order valence-corrected chi connectivity index (χ3v) is 8.78. The first-order valence-electron chi connectivity index (χ1n) is 17.0. The molecule has 0 radical (unpaired) electrons. The van der Waals surface area contributed by atoms with Crippen LogP contribution in [0.5, 0.6) is 0 Å². The van der Waals surface area contributed by atoms with E-state index in [-0.39, 0.29) is 28.9 Å². The summed E-state index contributed by atoms with van der Waals surface area (Å²) < 4.78 is 48.9. The molecule has 208 valence electrons. The molecule has 2 aromatic heterocycles. The highest BCUT2D eigenvalue weighted by Crippen LogP contribution is 2.51. The van der Waals surface area contributed by atoms with Crippen LogP contribution in [0.15, 0.2) is 132 Å². The summed E-state index contributed by atoms with van der Waals surface area (Å²) in [7, 11) is 0. The summed E-state index contributed by atoms with van der Waals surface area (Å²) in [5.41, 5.74) is 6.86. The number of rotatable bonds is 3. The Balaban J connectivity index is 1.37. The topological polar surface area (TPSA) is 51.8 Å². The molecule has 0 aliphatic heterocycles. The number of nitrogens with zero attached hydrogens (tertiary/aromatic N) is 3. The van der Waals surface area contributed by atoms with Crippen LogP contribution in [-0.4, -0.2) is 15.0 Å².